The van der Waals surface area contributed by atoms with Crippen LogP contribution in [0.2, 0.25) is 0 Å². The number of hydrogen-bond acceptors (Lipinski definition) is 9. The number of nitrogens with zero attached hydrogens (tertiary/aromatic N) is 3. The minimum atomic E-state index is -1.11. The van der Waals surface area contributed by atoms with Gasteiger partial charge in [0, 0.05) is 42.9 Å². The highest BCUT2D eigenvalue weighted by molar-refractivity contribution is 5.91. The Kier molecular flexibility index (Phi) is 12.0. The lowest BCUT2D eigenvalue weighted by Gasteiger charge is -2.26. The molecule has 1 fully saturated rings. The number of carbonyl (C=O) groups excluding carboxylic acids is 2. The van der Waals surface area contributed by atoms with Crippen molar-refractivity contribution >= 4 is 17.9 Å². The fourth-order valence-electron chi connectivity index (χ4n) is 4.14. The molecule has 0 aliphatic carbocycles. The fraction of sp³-hybridized carbons (Fsp3) is 0.375. The number of morpholine rings is 1. The molecule has 0 bridgehead atoms. The zero-order valence-corrected chi connectivity index (χ0v) is 24.2. The van der Waals surface area contributed by atoms with Crippen LogP contribution in [0.5, 0.6) is 0 Å². The standard InChI is InChI=1S/C32H37N5O6/c1-2-3-16-43-30(40)29-19-28(34-31(35-29)36-32(41)33-20-27(39)22-38)26-12-10-24(11-13-26)5-4-23-6-8-25(9-7-23)21-37-14-17-42-18-15-37/h6-13,19,27,38-39H,2-3,14-18,20-22H2,1H3,(H2,33,34,35,36,41). The molecule has 2 amide bonds. The van der Waals surface area contributed by atoms with Crippen LogP contribution in [0.1, 0.15) is 46.9 Å². The van der Waals surface area contributed by atoms with Gasteiger partial charge in [-0.25, -0.2) is 19.6 Å². The molecule has 0 spiro atoms. The number of urea groups is 1. The van der Waals surface area contributed by atoms with Gasteiger partial charge in [-0.05, 0) is 42.3 Å². The van der Waals surface area contributed by atoms with Crippen LogP contribution < -0.4 is 10.6 Å². The maximum atomic E-state index is 12.7. The largest absolute Gasteiger partial charge is 0.461 e. The summed E-state index contributed by atoms with van der Waals surface area (Å²) < 4.78 is 10.7. The van der Waals surface area contributed by atoms with Crippen LogP contribution in [0, 0.1) is 11.8 Å². The van der Waals surface area contributed by atoms with E-state index in [-0.39, 0.29) is 24.8 Å². The summed E-state index contributed by atoms with van der Waals surface area (Å²) >= 11 is 0. The molecule has 1 aliphatic rings. The molecular weight excluding hydrogens is 550 g/mol. The summed E-state index contributed by atoms with van der Waals surface area (Å²) in [7, 11) is 0. The van der Waals surface area contributed by atoms with Crippen molar-refractivity contribution in [2.45, 2.75) is 32.4 Å². The summed E-state index contributed by atoms with van der Waals surface area (Å²) in [6, 6.07) is 16.4. The van der Waals surface area contributed by atoms with Gasteiger partial charge in [-0.15, -0.1) is 0 Å². The van der Waals surface area contributed by atoms with Gasteiger partial charge in [0.1, 0.15) is 0 Å². The van der Waals surface area contributed by atoms with E-state index in [0.29, 0.717) is 17.7 Å². The second-order valence-corrected chi connectivity index (χ2v) is 10.0. The summed E-state index contributed by atoms with van der Waals surface area (Å²) in [5.41, 5.74) is 4.03. The van der Waals surface area contributed by atoms with E-state index in [1.54, 1.807) is 0 Å². The lowest BCUT2D eigenvalue weighted by molar-refractivity contribution is 0.0342. The van der Waals surface area contributed by atoms with E-state index in [1.807, 2.05) is 43.3 Å². The Morgan fingerprint density at radius 3 is 2.37 bits per heavy atom. The fourth-order valence-corrected chi connectivity index (χ4v) is 4.14. The first-order valence-electron chi connectivity index (χ1n) is 14.3. The molecule has 0 saturated carbocycles. The van der Waals surface area contributed by atoms with Crippen LogP contribution in [-0.2, 0) is 16.0 Å². The minimum Gasteiger partial charge on any atom is -0.461 e. The SMILES string of the molecule is CCCCOC(=O)c1cc(-c2ccc(C#Cc3ccc(CN4CCOCC4)cc3)cc2)nc(NC(=O)NCC(O)CO)n1. The third kappa shape index (κ3) is 10.2. The Labute approximate surface area is 251 Å². The van der Waals surface area contributed by atoms with E-state index in [1.165, 1.54) is 11.6 Å². The Morgan fingerprint density at radius 1 is 1.05 bits per heavy atom. The first-order chi connectivity index (χ1) is 20.9. The first-order valence-corrected chi connectivity index (χ1v) is 14.3. The molecule has 4 rings (SSSR count). The van der Waals surface area contributed by atoms with Crippen LogP contribution in [0.4, 0.5) is 10.7 Å². The molecule has 43 heavy (non-hydrogen) atoms. The summed E-state index contributed by atoms with van der Waals surface area (Å²) in [5, 5.41) is 23.3. The number of hydrogen-bond donors (Lipinski definition) is 4. The molecule has 11 heteroatoms. The van der Waals surface area contributed by atoms with E-state index in [4.69, 9.17) is 14.6 Å². The van der Waals surface area contributed by atoms with Gasteiger partial charge < -0.3 is 25.0 Å². The van der Waals surface area contributed by atoms with Crippen molar-refractivity contribution in [3.05, 3.63) is 77.0 Å². The van der Waals surface area contributed by atoms with E-state index in [2.05, 4.69) is 49.5 Å². The van der Waals surface area contributed by atoms with Gasteiger partial charge >= 0.3 is 12.0 Å². The summed E-state index contributed by atoms with van der Waals surface area (Å²) in [6.45, 7) is 5.91. The molecule has 1 aliphatic heterocycles. The smallest absolute Gasteiger partial charge is 0.357 e. The van der Waals surface area contributed by atoms with Crippen molar-refractivity contribution < 1.29 is 29.3 Å². The quantitative estimate of drug-likeness (QED) is 0.151. The van der Waals surface area contributed by atoms with Gasteiger partial charge in [0.2, 0.25) is 5.95 Å². The van der Waals surface area contributed by atoms with E-state index >= 15 is 0 Å². The number of unbranched alkanes of at least 4 members (excludes halogenated alkanes) is 1. The van der Waals surface area contributed by atoms with Crippen molar-refractivity contribution in [3.8, 4) is 23.1 Å². The average molecular weight is 588 g/mol. The van der Waals surface area contributed by atoms with Gasteiger partial charge in [-0.3, -0.25) is 10.2 Å². The average Bonchev–Trinajstić information content (AvgIpc) is 3.04. The molecular formula is C32H37N5O6. The van der Waals surface area contributed by atoms with Crippen molar-refractivity contribution in [3.63, 3.8) is 0 Å². The predicted octanol–water partition coefficient (Wildman–Crippen LogP) is 2.81. The van der Waals surface area contributed by atoms with Gasteiger partial charge in [0.25, 0.3) is 0 Å². The molecule has 1 saturated heterocycles. The van der Waals surface area contributed by atoms with Crippen LogP contribution in [-0.4, -0.2) is 89.2 Å². The number of aliphatic hydroxyl groups excluding tert-OH is 2. The molecule has 1 unspecified atom stereocenters. The third-order valence-electron chi connectivity index (χ3n) is 6.60. The number of rotatable bonds is 11. The second-order valence-electron chi connectivity index (χ2n) is 10.0. The van der Waals surface area contributed by atoms with Gasteiger partial charge in [-0.2, -0.15) is 0 Å². The number of nitrogens with one attached hydrogen (secondary N) is 2. The molecule has 226 valence electrons. The maximum Gasteiger partial charge on any atom is 0.357 e. The molecule has 2 aromatic carbocycles. The Morgan fingerprint density at radius 2 is 1.72 bits per heavy atom. The zero-order chi connectivity index (χ0) is 30.4. The van der Waals surface area contributed by atoms with E-state index in [9.17, 15) is 14.7 Å². The van der Waals surface area contributed by atoms with Gasteiger partial charge in [-0.1, -0.05) is 49.5 Å². The normalized spacial score (nSPS) is 13.8. The Hall–Kier alpha value is -4.34. The van der Waals surface area contributed by atoms with Crippen LogP contribution in [0.15, 0.2) is 54.6 Å². The van der Waals surface area contributed by atoms with Crippen LogP contribution in [0.25, 0.3) is 11.3 Å². The van der Waals surface area contributed by atoms with E-state index in [0.717, 1.165) is 50.4 Å². The van der Waals surface area contributed by atoms with Crippen molar-refractivity contribution in [2.75, 3.05) is 51.4 Å². The first kappa shape index (κ1) is 31.6. The Bertz CT molecular complexity index is 1410. The number of esters is 1. The summed E-state index contributed by atoms with van der Waals surface area (Å²) in [5.74, 6) is 5.63. The number of carbonyl (C=O) groups is 2. The van der Waals surface area contributed by atoms with E-state index < -0.39 is 24.7 Å². The van der Waals surface area contributed by atoms with Gasteiger partial charge in [0.15, 0.2) is 5.69 Å². The topological polar surface area (TPSA) is 146 Å². The predicted molar refractivity (Wildman–Crippen MR) is 161 cm³/mol. The van der Waals surface area contributed by atoms with Gasteiger partial charge in [0.05, 0.1) is 38.2 Å². The number of aliphatic hydroxyl groups is 2. The summed E-state index contributed by atoms with van der Waals surface area (Å²) in [6.07, 6.45) is 0.471. The maximum absolute atomic E-state index is 12.7. The number of amides is 2. The van der Waals surface area contributed by atoms with Crippen molar-refractivity contribution in [1.29, 1.82) is 0 Å². The minimum absolute atomic E-state index is 0.00673. The lowest BCUT2D eigenvalue weighted by Crippen LogP contribution is -2.37. The third-order valence-corrected chi connectivity index (χ3v) is 6.60. The highest BCUT2D eigenvalue weighted by Gasteiger charge is 2.16. The molecule has 1 aromatic heterocycles. The molecule has 2 heterocycles. The highest BCUT2D eigenvalue weighted by Crippen LogP contribution is 2.21. The molecule has 11 nitrogen and oxygen atoms in total. The zero-order valence-electron chi connectivity index (χ0n) is 24.2. The molecule has 4 N–H and O–H groups in total. The number of ether oxygens (including phenoxy) is 2. The number of aromatic nitrogens is 2. The van der Waals surface area contributed by atoms with Crippen LogP contribution >= 0.6 is 0 Å². The lowest BCUT2D eigenvalue weighted by atomic mass is 10.1. The monoisotopic (exact) mass is 587 g/mol. The highest BCUT2D eigenvalue weighted by atomic mass is 16.5. The summed E-state index contributed by atoms with van der Waals surface area (Å²) in [4.78, 5) is 35.9. The van der Waals surface area contributed by atoms with Crippen LogP contribution in [0.3, 0.4) is 0 Å². The van der Waals surface area contributed by atoms with Crippen molar-refractivity contribution in [2.24, 2.45) is 0 Å². The molecule has 3 aromatic rings. The Balaban J connectivity index is 1.46. The van der Waals surface area contributed by atoms with Crippen molar-refractivity contribution in [1.82, 2.24) is 20.2 Å². The molecule has 0 radical (unpaired) electrons. The second kappa shape index (κ2) is 16.3. The molecule has 1 atom stereocenters. The number of benzene rings is 2. The number of anilines is 1.